The highest BCUT2D eigenvalue weighted by Crippen LogP contribution is 2.11. The molecule has 2 aromatic rings. The highest BCUT2D eigenvalue weighted by Gasteiger charge is 2.22. The fourth-order valence-corrected chi connectivity index (χ4v) is 1.74. The third-order valence-electron chi connectivity index (χ3n) is 2.65. The van der Waals surface area contributed by atoms with Crippen LogP contribution in [0.4, 0.5) is 0 Å². The van der Waals surface area contributed by atoms with Gasteiger partial charge in [0.15, 0.2) is 6.20 Å². The van der Waals surface area contributed by atoms with Crippen LogP contribution < -0.4 is 4.40 Å². The van der Waals surface area contributed by atoms with E-state index >= 15 is 0 Å². The van der Waals surface area contributed by atoms with E-state index in [1.54, 1.807) is 10.6 Å². The zero-order valence-electron chi connectivity index (χ0n) is 8.69. The first kappa shape index (κ1) is 9.65. The Labute approximate surface area is 87.6 Å². The van der Waals surface area contributed by atoms with Gasteiger partial charge >= 0.3 is 5.97 Å². The Balaban J connectivity index is 2.95. The van der Waals surface area contributed by atoms with Crippen LogP contribution in [0.1, 0.15) is 21.6 Å². The first-order chi connectivity index (χ1) is 7.11. The number of carboxylic acids is 1. The Morgan fingerprint density at radius 3 is 2.73 bits per heavy atom. The molecule has 2 aromatic heterocycles. The van der Waals surface area contributed by atoms with Crippen LogP contribution >= 0.6 is 0 Å². The van der Waals surface area contributed by atoms with Gasteiger partial charge in [-0.25, -0.2) is 4.79 Å². The maximum atomic E-state index is 11.2. The van der Waals surface area contributed by atoms with Crippen molar-refractivity contribution in [2.75, 3.05) is 0 Å². The first-order valence-electron chi connectivity index (χ1n) is 4.75. The van der Waals surface area contributed by atoms with Gasteiger partial charge < -0.3 is 5.11 Å². The largest absolute Gasteiger partial charge is 0.473 e. The quantitative estimate of drug-likeness (QED) is 0.715. The molecule has 0 aromatic carbocycles. The zero-order valence-corrected chi connectivity index (χ0v) is 8.69. The van der Waals surface area contributed by atoms with Gasteiger partial charge in [-0.05, 0) is 25.5 Å². The molecule has 3 heteroatoms. The molecular weight excluding hydrogens is 190 g/mol. The van der Waals surface area contributed by atoms with Gasteiger partial charge in [0.1, 0.15) is 0 Å². The number of aromatic carboxylic acids is 1. The van der Waals surface area contributed by atoms with Crippen molar-refractivity contribution in [3.63, 3.8) is 0 Å². The molecule has 1 N–H and O–H groups in total. The van der Waals surface area contributed by atoms with Crippen molar-refractivity contribution >= 4 is 11.5 Å². The summed E-state index contributed by atoms with van der Waals surface area (Å²) in [5.74, 6) is -0.891. The smallest absolute Gasteiger partial charge is 0.402 e. The van der Waals surface area contributed by atoms with Crippen molar-refractivity contribution in [1.29, 1.82) is 0 Å². The van der Waals surface area contributed by atoms with Crippen molar-refractivity contribution in [2.45, 2.75) is 13.8 Å². The summed E-state index contributed by atoms with van der Waals surface area (Å²) in [5.41, 5.74) is 3.05. The third kappa shape index (κ3) is 1.46. The standard InChI is InChI=1S/C12H11NO2/c1-8-7-10-5-3-4-6-13(10)11(9(8)2)12(14)15/h3-7H,1-2H3/p+1. The van der Waals surface area contributed by atoms with E-state index in [1.807, 2.05) is 38.1 Å². The Bertz CT molecular complexity index is 547. The molecule has 3 nitrogen and oxygen atoms in total. The maximum Gasteiger partial charge on any atom is 0.402 e. The number of aryl methyl sites for hydroxylation is 1. The van der Waals surface area contributed by atoms with Crippen molar-refractivity contribution in [3.8, 4) is 0 Å². The molecule has 0 atom stereocenters. The number of carboxylic acid groups (broad SMARTS) is 1. The summed E-state index contributed by atoms with van der Waals surface area (Å²) in [4.78, 5) is 11.2. The molecule has 2 rings (SSSR count). The highest BCUT2D eigenvalue weighted by atomic mass is 16.4. The number of aromatic nitrogens is 1. The molecule has 0 unspecified atom stereocenters. The Hall–Kier alpha value is -1.90. The minimum Gasteiger partial charge on any atom is -0.473 e. The lowest BCUT2D eigenvalue weighted by Crippen LogP contribution is -2.32. The van der Waals surface area contributed by atoms with Crippen LogP contribution in [0.15, 0.2) is 30.5 Å². The molecule has 76 valence electrons. The fourth-order valence-electron chi connectivity index (χ4n) is 1.74. The van der Waals surface area contributed by atoms with Gasteiger partial charge in [0.05, 0.1) is 0 Å². The topological polar surface area (TPSA) is 41.4 Å². The average molecular weight is 202 g/mol. The van der Waals surface area contributed by atoms with Crippen LogP contribution in [0.5, 0.6) is 0 Å². The fraction of sp³-hybridized carbons (Fsp3) is 0.167. The molecule has 0 saturated heterocycles. The van der Waals surface area contributed by atoms with Crippen molar-refractivity contribution in [1.82, 2.24) is 0 Å². The van der Waals surface area contributed by atoms with Crippen LogP contribution in [0.25, 0.3) is 5.52 Å². The van der Waals surface area contributed by atoms with E-state index in [2.05, 4.69) is 0 Å². The number of carbonyl (C=O) groups is 1. The molecule has 0 aliphatic rings. The second kappa shape index (κ2) is 3.35. The Kier molecular flexibility index (Phi) is 2.15. The Morgan fingerprint density at radius 2 is 2.07 bits per heavy atom. The molecular formula is C12H12NO2+. The summed E-state index contributed by atoms with van der Waals surface area (Å²) in [6, 6.07) is 7.62. The van der Waals surface area contributed by atoms with E-state index in [0.717, 1.165) is 16.6 Å². The second-order valence-electron chi connectivity index (χ2n) is 3.60. The number of rotatable bonds is 1. The van der Waals surface area contributed by atoms with Crippen LogP contribution in [0.3, 0.4) is 0 Å². The number of nitrogens with zero attached hydrogens (tertiary/aromatic N) is 1. The monoisotopic (exact) mass is 202 g/mol. The van der Waals surface area contributed by atoms with Crippen LogP contribution in [-0.4, -0.2) is 11.1 Å². The van der Waals surface area contributed by atoms with E-state index < -0.39 is 5.97 Å². The molecule has 0 saturated carbocycles. The maximum absolute atomic E-state index is 11.2. The lowest BCUT2D eigenvalue weighted by molar-refractivity contribution is -0.516. The van der Waals surface area contributed by atoms with Gasteiger partial charge in [-0.1, -0.05) is 0 Å². The number of hydrogen-bond acceptors (Lipinski definition) is 1. The normalized spacial score (nSPS) is 10.5. The van der Waals surface area contributed by atoms with E-state index in [9.17, 15) is 4.79 Å². The zero-order chi connectivity index (χ0) is 11.0. The second-order valence-corrected chi connectivity index (χ2v) is 3.60. The lowest BCUT2D eigenvalue weighted by atomic mass is 10.1. The minimum atomic E-state index is -0.891. The number of pyridine rings is 2. The van der Waals surface area contributed by atoms with E-state index in [4.69, 9.17) is 5.11 Å². The molecule has 2 heterocycles. The molecule has 0 fully saturated rings. The van der Waals surface area contributed by atoms with Gasteiger partial charge in [-0.2, -0.15) is 4.40 Å². The first-order valence-corrected chi connectivity index (χ1v) is 4.75. The molecule has 0 radical (unpaired) electrons. The summed E-state index contributed by atoms with van der Waals surface area (Å²) in [5, 5.41) is 9.17. The summed E-state index contributed by atoms with van der Waals surface area (Å²) in [6.07, 6.45) is 1.77. The van der Waals surface area contributed by atoms with Crippen molar-refractivity contribution in [2.24, 2.45) is 0 Å². The molecule has 15 heavy (non-hydrogen) atoms. The Morgan fingerprint density at radius 1 is 1.33 bits per heavy atom. The summed E-state index contributed by atoms with van der Waals surface area (Å²) in [7, 11) is 0. The van der Waals surface area contributed by atoms with Gasteiger partial charge in [0.2, 0.25) is 5.52 Å². The average Bonchev–Trinajstić information content (AvgIpc) is 2.19. The van der Waals surface area contributed by atoms with E-state index in [0.29, 0.717) is 5.69 Å². The molecule has 0 amide bonds. The highest BCUT2D eigenvalue weighted by molar-refractivity contribution is 5.86. The summed E-state index contributed by atoms with van der Waals surface area (Å²) < 4.78 is 1.70. The van der Waals surface area contributed by atoms with Gasteiger partial charge in [-0.15, -0.1) is 0 Å². The predicted octanol–water partition coefficient (Wildman–Crippen LogP) is 1.74. The van der Waals surface area contributed by atoms with Crippen LogP contribution in [0.2, 0.25) is 0 Å². The summed E-state index contributed by atoms with van der Waals surface area (Å²) >= 11 is 0. The van der Waals surface area contributed by atoms with Gasteiger partial charge in [0.25, 0.3) is 5.69 Å². The van der Waals surface area contributed by atoms with E-state index in [-0.39, 0.29) is 0 Å². The third-order valence-corrected chi connectivity index (χ3v) is 2.65. The van der Waals surface area contributed by atoms with Crippen molar-refractivity contribution in [3.05, 3.63) is 47.3 Å². The molecule has 0 aliphatic heterocycles. The predicted molar refractivity (Wildman–Crippen MR) is 56.0 cm³/mol. The minimum absolute atomic E-state index is 0.339. The van der Waals surface area contributed by atoms with E-state index in [1.165, 1.54) is 0 Å². The van der Waals surface area contributed by atoms with Gasteiger partial charge in [-0.3, -0.25) is 0 Å². The summed E-state index contributed by atoms with van der Waals surface area (Å²) in [6.45, 7) is 3.76. The SMILES string of the molecule is Cc1cc2cccc[n+]2c(C(=O)O)c1C. The van der Waals surface area contributed by atoms with Crippen molar-refractivity contribution < 1.29 is 14.3 Å². The van der Waals surface area contributed by atoms with Gasteiger partial charge in [0, 0.05) is 23.8 Å². The van der Waals surface area contributed by atoms with Crippen LogP contribution in [0, 0.1) is 13.8 Å². The molecule has 0 aliphatic carbocycles. The molecule has 0 spiro atoms. The lowest BCUT2D eigenvalue weighted by Gasteiger charge is -2.02. The van der Waals surface area contributed by atoms with Crippen LogP contribution in [-0.2, 0) is 0 Å². The number of hydrogen-bond donors (Lipinski definition) is 1. The number of fused-ring (bicyclic) bond motifs is 1. The molecule has 0 bridgehead atoms.